The monoisotopic (exact) mass is 475 g/mol. The largest absolute Gasteiger partial charge is 0.627 e. The molecule has 182 valence electrons. The minimum Gasteiger partial charge on any atom is -0.627 e. The van der Waals surface area contributed by atoms with E-state index in [0.29, 0.717) is 42.1 Å². The van der Waals surface area contributed by atoms with E-state index in [0.717, 1.165) is 29.8 Å². The molecule has 0 spiro atoms. The van der Waals surface area contributed by atoms with E-state index >= 15 is 0 Å². The van der Waals surface area contributed by atoms with Gasteiger partial charge in [0.25, 0.3) is 0 Å². The van der Waals surface area contributed by atoms with E-state index in [2.05, 4.69) is 35.1 Å². The van der Waals surface area contributed by atoms with Gasteiger partial charge in [-0.2, -0.15) is 4.98 Å². The molecule has 1 N–H and O–H groups in total. The minimum absolute atomic E-state index is 0.342. The number of hydrogen-bond acceptors (Lipinski definition) is 9. The number of aromatic nitrogens is 5. The standard InChI is InChI=1S/C24H29N9O2/c1-30(2)9-10-31(3)20-14-22(35-4)18(13-21(20)33(34)11-12-33)28-23-25-15-26-24(29-23)32-16-27-17-7-5-6-8-19(17)32/h5-8,13-16H,9-12H2,1-4H3,(H,25,26,28,29). The van der Waals surface area contributed by atoms with E-state index in [4.69, 9.17) is 4.74 Å². The molecule has 1 aliphatic rings. The topological polar surface area (TPSA) is 107 Å². The third kappa shape index (κ3) is 4.61. The SMILES string of the molecule is COc1cc(N(C)CCN(C)C)c([N+]2([O-])CC2)cc1Nc1ncnc(-n2cnc3ccccc32)n1. The molecule has 1 fully saturated rings. The Morgan fingerprint density at radius 2 is 1.89 bits per heavy atom. The third-order valence-electron chi connectivity index (χ3n) is 6.13. The first-order chi connectivity index (χ1) is 16.9. The molecule has 0 amide bonds. The predicted molar refractivity (Wildman–Crippen MR) is 137 cm³/mol. The van der Waals surface area contributed by atoms with Gasteiger partial charge in [-0.25, -0.2) is 15.0 Å². The molecule has 2 aromatic carbocycles. The summed E-state index contributed by atoms with van der Waals surface area (Å²) in [5.74, 6) is 1.38. The fourth-order valence-electron chi connectivity index (χ4n) is 3.96. The highest BCUT2D eigenvalue weighted by Gasteiger charge is 2.39. The summed E-state index contributed by atoms with van der Waals surface area (Å²) < 4.78 is 7.14. The van der Waals surface area contributed by atoms with E-state index in [-0.39, 0.29) is 4.65 Å². The zero-order chi connectivity index (χ0) is 24.6. The Labute approximate surface area is 203 Å². The second kappa shape index (κ2) is 9.10. The lowest BCUT2D eigenvalue weighted by Crippen LogP contribution is -2.30. The van der Waals surface area contributed by atoms with Crippen molar-refractivity contribution in [2.45, 2.75) is 0 Å². The van der Waals surface area contributed by atoms with Crippen LogP contribution >= 0.6 is 0 Å². The maximum Gasteiger partial charge on any atom is 0.240 e. The Kier molecular flexibility index (Phi) is 5.97. The van der Waals surface area contributed by atoms with Gasteiger partial charge in [0.2, 0.25) is 11.9 Å². The smallest absolute Gasteiger partial charge is 0.240 e. The van der Waals surface area contributed by atoms with Gasteiger partial charge < -0.3 is 29.7 Å². The number of likely N-dealkylation sites (N-methyl/N-ethyl adjacent to an activating group) is 2. The van der Waals surface area contributed by atoms with Crippen molar-refractivity contribution >= 4 is 34.0 Å². The summed E-state index contributed by atoms with van der Waals surface area (Å²) in [5, 5.41) is 16.4. The zero-order valence-electron chi connectivity index (χ0n) is 20.3. The molecule has 3 heterocycles. The van der Waals surface area contributed by atoms with Gasteiger partial charge in [0.1, 0.15) is 37.2 Å². The summed E-state index contributed by atoms with van der Waals surface area (Å²) in [5.41, 5.74) is 3.94. The Bertz CT molecular complexity index is 1350. The van der Waals surface area contributed by atoms with Crippen LogP contribution in [-0.4, -0.2) is 83.8 Å². The molecule has 1 saturated heterocycles. The lowest BCUT2D eigenvalue weighted by Gasteiger charge is -2.30. The molecular formula is C24H29N9O2. The van der Waals surface area contributed by atoms with Crippen molar-refractivity contribution in [1.29, 1.82) is 0 Å². The molecule has 11 nitrogen and oxygen atoms in total. The number of benzene rings is 2. The highest BCUT2D eigenvalue weighted by atomic mass is 16.6. The quantitative estimate of drug-likeness (QED) is 0.222. The molecule has 1 aliphatic heterocycles. The van der Waals surface area contributed by atoms with Crippen LogP contribution in [-0.2, 0) is 0 Å². The van der Waals surface area contributed by atoms with Crippen molar-refractivity contribution in [3.63, 3.8) is 0 Å². The summed E-state index contributed by atoms with van der Waals surface area (Å²) in [7, 11) is 7.67. The average Bonchev–Trinajstić information content (AvgIpc) is 3.46. The zero-order valence-corrected chi connectivity index (χ0v) is 20.3. The van der Waals surface area contributed by atoms with Crippen molar-refractivity contribution in [1.82, 2.24) is 34.0 Å². The van der Waals surface area contributed by atoms with Crippen LogP contribution in [0.25, 0.3) is 17.0 Å². The molecule has 0 saturated carbocycles. The number of ether oxygens (including phenoxy) is 1. The number of rotatable bonds is 9. The molecule has 35 heavy (non-hydrogen) atoms. The molecule has 0 atom stereocenters. The number of nitrogens with zero attached hydrogens (tertiary/aromatic N) is 8. The van der Waals surface area contributed by atoms with Crippen molar-refractivity contribution in [3.8, 4) is 11.7 Å². The fraction of sp³-hybridized carbons (Fsp3) is 0.333. The number of imidazole rings is 1. The normalized spacial score (nSPS) is 14.3. The van der Waals surface area contributed by atoms with Crippen LogP contribution in [0.1, 0.15) is 0 Å². The number of hydrogen-bond donors (Lipinski definition) is 1. The lowest BCUT2D eigenvalue weighted by molar-refractivity contribution is 0.413. The van der Waals surface area contributed by atoms with Crippen molar-refractivity contribution in [2.75, 3.05) is 64.6 Å². The lowest BCUT2D eigenvalue weighted by atomic mass is 10.2. The maximum atomic E-state index is 13.2. The van der Waals surface area contributed by atoms with E-state index in [1.165, 1.54) is 6.33 Å². The molecule has 5 rings (SSSR count). The number of methoxy groups -OCH3 is 1. The Morgan fingerprint density at radius 1 is 1.09 bits per heavy atom. The molecule has 4 aromatic rings. The van der Waals surface area contributed by atoms with Crippen LogP contribution in [0.4, 0.5) is 23.0 Å². The van der Waals surface area contributed by atoms with Crippen LogP contribution in [0.15, 0.2) is 49.1 Å². The molecule has 11 heteroatoms. The number of quaternary nitrogens is 1. The van der Waals surface area contributed by atoms with Gasteiger partial charge in [-0.3, -0.25) is 4.57 Å². The van der Waals surface area contributed by atoms with Gasteiger partial charge in [-0.1, -0.05) is 12.1 Å². The summed E-state index contributed by atoms with van der Waals surface area (Å²) in [6, 6.07) is 11.5. The molecule has 0 unspecified atom stereocenters. The maximum absolute atomic E-state index is 13.2. The van der Waals surface area contributed by atoms with E-state index in [9.17, 15) is 5.21 Å². The molecule has 0 bridgehead atoms. The van der Waals surface area contributed by atoms with Gasteiger partial charge in [0, 0.05) is 32.3 Å². The predicted octanol–water partition coefficient (Wildman–Crippen LogP) is 2.78. The minimum atomic E-state index is -0.357. The van der Waals surface area contributed by atoms with Gasteiger partial charge in [-0.15, -0.1) is 0 Å². The second-order valence-corrected chi connectivity index (χ2v) is 8.94. The molecule has 2 aromatic heterocycles. The van der Waals surface area contributed by atoms with Crippen molar-refractivity contribution in [3.05, 3.63) is 54.3 Å². The summed E-state index contributed by atoms with van der Waals surface area (Å²) in [6.07, 6.45) is 3.13. The van der Waals surface area contributed by atoms with Crippen LogP contribution < -0.4 is 19.6 Å². The fourth-order valence-corrected chi connectivity index (χ4v) is 3.96. The van der Waals surface area contributed by atoms with Crippen LogP contribution in [0.2, 0.25) is 0 Å². The second-order valence-electron chi connectivity index (χ2n) is 8.94. The summed E-state index contributed by atoms with van der Waals surface area (Å²) in [6.45, 7) is 2.77. The first kappa shape index (κ1) is 23.0. The van der Waals surface area contributed by atoms with Crippen molar-refractivity contribution in [2.24, 2.45) is 0 Å². The van der Waals surface area contributed by atoms with E-state index in [1.807, 2.05) is 57.5 Å². The van der Waals surface area contributed by atoms with Crippen LogP contribution in [0.5, 0.6) is 5.75 Å². The first-order valence-electron chi connectivity index (χ1n) is 11.4. The Hall–Kier alpha value is -3.80. The van der Waals surface area contributed by atoms with Crippen LogP contribution in [0.3, 0.4) is 0 Å². The number of anilines is 3. The highest BCUT2D eigenvalue weighted by molar-refractivity contribution is 5.81. The Balaban J connectivity index is 1.49. The summed E-state index contributed by atoms with van der Waals surface area (Å²) in [4.78, 5) is 21.8. The number of para-hydroxylation sites is 2. The number of nitrogens with one attached hydrogen (secondary N) is 1. The van der Waals surface area contributed by atoms with Gasteiger partial charge >= 0.3 is 0 Å². The number of fused-ring (bicyclic) bond motifs is 1. The van der Waals surface area contributed by atoms with Crippen LogP contribution in [0, 0.1) is 5.21 Å². The van der Waals surface area contributed by atoms with Gasteiger partial charge in [-0.05, 0) is 26.2 Å². The molecule has 0 radical (unpaired) electrons. The molecular weight excluding hydrogens is 446 g/mol. The van der Waals surface area contributed by atoms with E-state index in [1.54, 1.807) is 18.0 Å². The van der Waals surface area contributed by atoms with Gasteiger partial charge in [0.15, 0.2) is 5.69 Å². The average molecular weight is 476 g/mol. The summed E-state index contributed by atoms with van der Waals surface area (Å²) >= 11 is 0. The highest BCUT2D eigenvalue weighted by Crippen LogP contribution is 2.45. The van der Waals surface area contributed by atoms with Gasteiger partial charge in [0.05, 0.1) is 23.8 Å². The third-order valence-corrected chi connectivity index (χ3v) is 6.13. The first-order valence-corrected chi connectivity index (χ1v) is 11.4. The van der Waals surface area contributed by atoms with Crippen molar-refractivity contribution < 1.29 is 4.74 Å². The molecule has 0 aliphatic carbocycles. The number of hydroxylamine groups is 2. The Morgan fingerprint density at radius 3 is 2.63 bits per heavy atom. The van der Waals surface area contributed by atoms with E-state index < -0.39 is 0 Å².